The molecule has 1 amide bonds. The van der Waals surface area contributed by atoms with Crippen molar-refractivity contribution >= 4 is 22.8 Å². The molecule has 1 fully saturated rings. The summed E-state index contributed by atoms with van der Waals surface area (Å²) in [5, 5.41) is 14.2. The fourth-order valence-corrected chi connectivity index (χ4v) is 2.70. The van der Waals surface area contributed by atoms with E-state index in [2.05, 4.69) is 20.7 Å². The SMILES string of the molecule is CC(C)(C)OC(=O)N1CCC(Nc2ccc3[nH]nnc3c2)CC1. The van der Waals surface area contributed by atoms with Gasteiger partial charge < -0.3 is 15.0 Å². The van der Waals surface area contributed by atoms with Gasteiger partial charge in [0.05, 0.1) is 5.52 Å². The molecule has 1 aromatic heterocycles. The Balaban J connectivity index is 1.53. The molecule has 0 saturated carbocycles. The van der Waals surface area contributed by atoms with Crippen LogP contribution in [0.5, 0.6) is 0 Å². The summed E-state index contributed by atoms with van der Waals surface area (Å²) in [6.45, 7) is 7.08. The van der Waals surface area contributed by atoms with E-state index < -0.39 is 5.60 Å². The summed E-state index contributed by atoms with van der Waals surface area (Å²) in [7, 11) is 0. The number of carbonyl (C=O) groups excluding carboxylic acids is 1. The second-order valence-electron chi connectivity index (χ2n) is 6.93. The summed E-state index contributed by atoms with van der Waals surface area (Å²) < 4.78 is 5.42. The summed E-state index contributed by atoms with van der Waals surface area (Å²) in [5.41, 5.74) is 2.36. The number of aromatic nitrogens is 3. The van der Waals surface area contributed by atoms with Gasteiger partial charge in [-0.1, -0.05) is 5.21 Å². The third-order valence-corrected chi connectivity index (χ3v) is 3.84. The number of anilines is 1. The van der Waals surface area contributed by atoms with E-state index in [0.29, 0.717) is 19.1 Å². The van der Waals surface area contributed by atoms with Gasteiger partial charge in [-0.2, -0.15) is 0 Å². The standard InChI is InChI=1S/C16H23N5O2/c1-16(2,3)23-15(22)21-8-6-11(7-9-21)17-12-4-5-13-14(10-12)19-20-18-13/h4-5,10-11,17H,6-9H2,1-3H3,(H,18,19,20). The Morgan fingerprint density at radius 1 is 1.35 bits per heavy atom. The lowest BCUT2D eigenvalue weighted by Crippen LogP contribution is -2.44. The fraction of sp³-hybridized carbons (Fsp3) is 0.562. The van der Waals surface area contributed by atoms with Crippen molar-refractivity contribution in [1.82, 2.24) is 20.3 Å². The van der Waals surface area contributed by atoms with Gasteiger partial charge >= 0.3 is 6.09 Å². The maximum atomic E-state index is 12.1. The molecular formula is C16H23N5O2. The highest BCUT2D eigenvalue weighted by Gasteiger charge is 2.26. The number of benzene rings is 1. The summed E-state index contributed by atoms with van der Waals surface area (Å²) in [6, 6.07) is 6.31. The lowest BCUT2D eigenvalue weighted by Gasteiger charge is -2.34. The highest BCUT2D eigenvalue weighted by atomic mass is 16.6. The third-order valence-electron chi connectivity index (χ3n) is 3.84. The van der Waals surface area contributed by atoms with Gasteiger partial charge in [-0.15, -0.1) is 5.10 Å². The van der Waals surface area contributed by atoms with Gasteiger partial charge in [-0.3, -0.25) is 5.10 Å². The number of nitrogens with one attached hydrogen (secondary N) is 2. The monoisotopic (exact) mass is 317 g/mol. The molecular weight excluding hydrogens is 294 g/mol. The lowest BCUT2D eigenvalue weighted by molar-refractivity contribution is 0.0210. The van der Waals surface area contributed by atoms with Crippen LogP contribution in [-0.2, 0) is 4.74 Å². The molecule has 124 valence electrons. The molecule has 0 spiro atoms. The van der Waals surface area contributed by atoms with Crippen molar-refractivity contribution in [3.63, 3.8) is 0 Å². The zero-order valence-corrected chi connectivity index (χ0v) is 13.8. The van der Waals surface area contributed by atoms with Crippen LogP contribution in [0.1, 0.15) is 33.6 Å². The number of fused-ring (bicyclic) bond motifs is 1. The minimum Gasteiger partial charge on any atom is -0.444 e. The van der Waals surface area contributed by atoms with Crippen molar-refractivity contribution in [2.45, 2.75) is 45.3 Å². The van der Waals surface area contributed by atoms with Crippen molar-refractivity contribution < 1.29 is 9.53 Å². The normalized spacial score (nSPS) is 16.6. The number of aromatic amines is 1. The molecule has 1 aromatic carbocycles. The van der Waals surface area contributed by atoms with E-state index in [1.165, 1.54) is 0 Å². The zero-order valence-electron chi connectivity index (χ0n) is 13.8. The zero-order chi connectivity index (χ0) is 16.4. The van der Waals surface area contributed by atoms with Crippen LogP contribution < -0.4 is 5.32 Å². The van der Waals surface area contributed by atoms with Crippen LogP contribution in [0.4, 0.5) is 10.5 Å². The van der Waals surface area contributed by atoms with Gasteiger partial charge in [0.2, 0.25) is 0 Å². The molecule has 2 N–H and O–H groups in total. The second kappa shape index (κ2) is 6.06. The maximum Gasteiger partial charge on any atom is 0.410 e. The summed E-state index contributed by atoms with van der Waals surface area (Å²) >= 11 is 0. The molecule has 3 rings (SSSR count). The van der Waals surface area contributed by atoms with Crippen LogP contribution in [-0.4, -0.2) is 51.1 Å². The van der Waals surface area contributed by atoms with E-state index in [1.807, 2.05) is 39.0 Å². The average Bonchev–Trinajstić information content (AvgIpc) is 2.94. The predicted molar refractivity (Wildman–Crippen MR) is 88.3 cm³/mol. The lowest BCUT2D eigenvalue weighted by atomic mass is 10.0. The molecule has 1 aliphatic rings. The van der Waals surface area contributed by atoms with E-state index in [9.17, 15) is 4.79 Å². The molecule has 2 heterocycles. The van der Waals surface area contributed by atoms with Crippen molar-refractivity contribution in [3.8, 4) is 0 Å². The average molecular weight is 317 g/mol. The molecule has 7 heteroatoms. The quantitative estimate of drug-likeness (QED) is 0.890. The van der Waals surface area contributed by atoms with Crippen LogP contribution in [0.3, 0.4) is 0 Å². The Hall–Kier alpha value is -2.31. The Morgan fingerprint density at radius 2 is 2.09 bits per heavy atom. The summed E-state index contributed by atoms with van der Waals surface area (Å²) in [4.78, 5) is 13.8. The highest BCUT2D eigenvalue weighted by molar-refractivity contribution is 5.78. The number of H-pyrrole nitrogens is 1. The Morgan fingerprint density at radius 3 is 2.78 bits per heavy atom. The van der Waals surface area contributed by atoms with E-state index in [4.69, 9.17) is 4.74 Å². The van der Waals surface area contributed by atoms with Crippen LogP contribution in [0, 0.1) is 0 Å². The van der Waals surface area contributed by atoms with Crippen LogP contribution in [0.15, 0.2) is 18.2 Å². The summed E-state index contributed by atoms with van der Waals surface area (Å²) in [5.74, 6) is 0. The van der Waals surface area contributed by atoms with Gasteiger partial charge in [0.15, 0.2) is 0 Å². The second-order valence-corrected chi connectivity index (χ2v) is 6.93. The minimum atomic E-state index is -0.445. The van der Waals surface area contributed by atoms with Gasteiger partial charge in [0.25, 0.3) is 0 Å². The number of nitrogens with zero attached hydrogens (tertiary/aromatic N) is 3. The number of carbonyl (C=O) groups is 1. The van der Waals surface area contributed by atoms with E-state index in [1.54, 1.807) is 4.90 Å². The molecule has 0 unspecified atom stereocenters. The van der Waals surface area contributed by atoms with E-state index in [-0.39, 0.29) is 6.09 Å². The third kappa shape index (κ3) is 3.91. The molecule has 1 saturated heterocycles. The van der Waals surface area contributed by atoms with Gasteiger partial charge in [-0.25, -0.2) is 4.79 Å². The van der Waals surface area contributed by atoms with Crippen LogP contribution >= 0.6 is 0 Å². The van der Waals surface area contributed by atoms with Gasteiger partial charge in [-0.05, 0) is 51.8 Å². The van der Waals surface area contributed by atoms with E-state index >= 15 is 0 Å². The summed E-state index contributed by atoms with van der Waals surface area (Å²) in [6.07, 6.45) is 1.58. The number of hydrogen-bond donors (Lipinski definition) is 2. The first-order chi connectivity index (χ1) is 10.9. The molecule has 7 nitrogen and oxygen atoms in total. The van der Waals surface area contributed by atoms with Gasteiger partial charge in [0.1, 0.15) is 11.1 Å². The minimum absolute atomic E-state index is 0.222. The van der Waals surface area contributed by atoms with Gasteiger partial charge in [0, 0.05) is 24.8 Å². The number of ether oxygens (including phenoxy) is 1. The molecule has 0 radical (unpaired) electrons. The first-order valence-electron chi connectivity index (χ1n) is 7.96. The molecule has 2 aromatic rings. The topological polar surface area (TPSA) is 83.1 Å². The van der Waals surface area contributed by atoms with Crippen molar-refractivity contribution in [2.75, 3.05) is 18.4 Å². The number of likely N-dealkylation sites (tertiary alicyclic amines) is 1. The Kier molecular flexibility index (Phi) is 4.11. The molecule has 23 heavy (non-hydrogen) atoms. The molecule has 0 atom stereocenters. The molecule has 1 aliphatic heterocycles. The number of piperidine rings is 1. The number of hydrogen-bond acceptors (Lipinski definition) is 5. The van der Waals surface area contributed by atoms with Crippen LogP contribution in [0.25, 0.3) is 11.0 Å². The highest BCUT2D eigenvalue weighted by Crippen LogP contribution is 2.21. The van der Waals surface area contributed by atoms with Crippen molar-refractivity contribution in [3.05, 3.63) is 18.2 Å². The maximum absolute atomic E-state index is 12.1. The number of rotatable bonds is 2. The molecule has 0 aliphatic carbocycles. The fourth-order valence-electron chi connectivity index (χ4n) is 2.70. The predicted octanol–water partition coefficient (Wildman–Crippen LogP) is 2.77. The van der Waals surface area contributed by atoms with Crippen LogP contribution in [0.2, 0.25) is 0 Å². The first kappa shape index (κ1) is 15.6. The Bertz CT molecular complexity index is 683. The number of amides is 1. The molecule has 0 bridgehead atoms. The smallest absolute Gasteiger partial charge is 0.410 e. The Labute approximate surface area is 135 Å². The first-order valence-corrected chi connectivity index (χ1v) is 7.96. The van der Waals surface area contributed by atoms with E-state index in [0.717, 1.165) is 29.6 Å². The van der Waals surface area contributed by atoms with Crippen molar-refractivity contribution in [1.29, 1.82) is 0 Å². The largest absolute Gasteiger partial charge is 0.444 e. The van der Waals surface area contributed by atoms with Crippen molar-refractivity contribution in [2.24, 2.45) is 0 Å².